The van der Waals surface area contributed by atoms with E-state index in [1.54, 1.807) is 6.20 Å². The molecule has 2 aromatic rings. The molecule has 0 atom stereocenters. The Morgan fingerprint density at radius 3 is 2.93 bits per heavy atom. The summed E-state index contributed by atoms with van der Waals surface area (Å²) in [5.41, 5.74) is 1.76. The number of hydrogen-bond donors (Lipinski definition) is 1. The quantitative estimate of drug-likeness (QED) is 0.942. The lowest BCUT2D eigenvalue weighted by molar-refractivity contribution is 0.298. The number of aliphatic hydroxyl groups excluding tert-OH is 1. The standard InChI is InChI=1S/C10H9BrN2OS/c11-9-7(4-6-14)13-10(15-9)8-3-1-2-5-12-8/h1-3,5,14H,4,6H2. The Hall–Kier alpha value is -0.780. The number of thiazole rings is 1. The second-order valence-electron chi connectivity index (χ2n) is 2.93. The summed E-state index contributed by atoms with van der Waals surface area (Å²) in [6.07, 6.45) is 2.32. The topological polar surface area (TPSA) is 46.0 Å². The van der Waals surface area contributed by atoms with Crippen LogP contribution in [0.2, 0.25) is 0 Å². The highest BCUT2D eigenvalue weighted by Crippen LogP contribution is 2.30. The van der Waals surface area contributed by atoms with Gasteiger partial charge in [0.15, 0.2) is 0 Å². The van der Waals surface area contributed by atoms with Gasteiger partial charge in [0, 0.05) is 19.2 Å². The average Bonchev–Trinajstić information content (AvgIpc) is 2.63. The van der Waals surface area contributed by atoms with Crippen molar-refractivity contribution in [1.29, 1.82) is 0 Å². The minimum absolute atomic E-state index is 0.115. The molecule has 0 aliphatic rings. The van der Waals surface area contributed by atoms with E-state index < -0.39 is 0 Å². The van der Waals surface area contributed by atoms with E-state index >= 15 is 0 Å². The third-order valence-electron chi connectivity index (χ3n) is 1.88. The van der Waals surface area contributed by atoms with Gasteiger partial charge in [0.25, 0.3) is 0 Å². The molecule has 0 saturated carbocycles. The van der Waals surface area contributed by atoms with E-state index in [1.807, 2.05) is 18.2 Å². The fourth-order valence-electron chi connectivity index (χ4n) is 1.19. The van der Waals surface area contributed by atoms with Crippen LogP contribution in [0.3, 0.4) is 0 Å². The highest BCUT2D eigenvalue weighted by Gasteiger charge is 2.10. The molecular formula is C10H9BrN2OS. The third-order valence-corrected chi connectivity index (χ3v) is 3.73. The normalized spacial score (nSPS) is 10.5. The van der Waals surface area contributed by atoms with Crippen molar-refractivity contribution < 1.29 is 5.11 Å². The van der Waals surface area contributed by atoms with E-state index in [2.05, 4.69) is 25.9 Å². The Labute approximate surface area is 100.0 Å². The number of rotatable bonds is 3. The number of hydrogen-bond acceptors (Lipinski definition) is 4. The van der Waals surface area contributed by atoms with Gasteiger partial charge in [-0.05, 0) is 28.1 Å². The van der Waals surface area contributed by atoms with Gasteiger partial charge in [0.2, 0.25) is 0 Å². The Bertz CT molecular complexity index is 444. The lowest BCUT2D eigenvalue weighted by Crippen LogP contribution is -1.91. The second kappa shape index (κ2) is 4.83. The molecule has 5 heteroatoms. The summed E-state index contributed by atoms with van der Waals surface area (Å²) in [4.78, 5) is 8.65. The van der Waals surface area contributed by atoms with Crippen LogP contribution in [0.1, 0.15) is 5.69 Å². The summed E-state index contributed by atoms with van der Waals surface area (Å²) in [5, 5.41) is 9.73. The van der Waals surface area contributed by atoms with Crippen LogP contribution in [-0.2, 0) is 6.42 Å². The van der Waals surface area contributed by atoms with Crippen molar-refractivity contribution in [3.63, 3.8) is 0 Å². The Morgan fingerprint density at radius 2 is 2.27 bits per heavy atom. The molecule has 2 aromatic heterocycles. The van der Waals surface area contributed by atoms with E-state index in [4.69, 9.17) is 5.11 Å². The van der Waals surface area contributed by atoms with Crippen molar-refractivity contribution >= 4 is 27.3 Å². The first kappa shape index (κ1) is 10.7. The second-order valence-corrected chi connectivity index (χ2v) is 5.24. The van der Waals surface area contributed by atoms with Crippen LogP contribution in [0.4, 0.5) is 0 Å². The molecule has 2 rings (SSSR count). The molecule has 15 heavy (non-hydrogen) atoms. The van der Waals surface area contributed by atoms with Gasteiger partial charge in [-0.1, -0.05) is 6.07 Å². The highest BCUT2D eigenvalue weighted by atomic mass is 79.9. The molecule has 0 amide bonds. The monoisotopic (exact) mass is 284 g/mol. The van der Waals surface area contributed by atoms with Crippen LogP contribution in [-0.4, -0.2) is 21.7 Å². The zero-order valence-corrected chi connectivity index (χ0v) is 10.3. The van der Waals surface area contributed by atoms with Crippen molar-refractivity contribution in [2.45, 2.75) is 6.42 Å². The maximum absolute atomic E-state index is 8.85. The Kier molecular flexibility index (Phi) is 3.45. The van der Waals surface area contributed by atoms with E-state index in [-0.39, 0.29) is 6.61 Å². The lowest BCUT2D eigenvalue weighted by atomic mass is 10.3. The SMILES string of the molecule is OCCc1nc(-c2ccccn2)sc1Br. The third kappa shape index (κ3) is 2.42. The largest absolute Gasteiger partial charge is 0.396 e. The van der Waals surface area contributed by atoms with Gasteiger partial charge >= 0.3 is 0 Å². The summed E-state index contributed by atoms with van der Waals surface area (Å²) < 4.78 is 0.970. The van der Waals surface area contributed by atoms with Crippen LogP contribution in [0, 0.1) is 0 Å². The van der Waals surface area contributed by atoms with Crippen molar-refractivity contribution in [2.75, 3.05) is 6.61 Å². The zero-order chi connectivity index (χ0) is 10.7. The molecule has 1 N–H and O–H groups in total. The molecule has 78 valence electrons. The summed E-state index contributed by atoms with van der Waals surface area (Å²) in [5.74, 6) is 0. The van der Waals surface area contributed by atoms with Crippen LogP contribution >= 0.6 is 27.3 Å². The maximum atomic E-state index is 8.85. The van der Waals surface area contributed by atoms with Gasteiger partial charge in [0.05, 0.1) is 15.2 Å². The molecule has 0 spiro atoms. The maximum Gasteiger partial charge on any atom is 0.143 e. The number of halogens is 1. The molecule has 0 radical (unpaired) electrons. The molecule has 0 fully saturated rings. The average molecular weight is 285 g/mol. The number of aromatic nitrogens is 2. The molecular weight excluding hydrogens is 276 g/mol. The molecule has 0 aromatic carbocycles. The molecule has 3 nitrogen and oxygen atoms in total. The van der Waals surface area contributed by atoms with Gasteiger partial charge in [-0.2, -0.15) is 0 Å². The smallest absolute Gasteiger partial charge is 0.143 e. The number of aliphatic hydroxyl groups is 1. The van der Waals surface area contributed by atoms with Crippen LogP contribution in [0.15, 0.2) is 28.2 Å². The van der Waals surface area contributed by atoms with E-state index in [1.165, 1.54) is 11.3 Å². The molecule has 0 bridgehead atoms. The van der Waals surface area contributed by atoms with Crippen LogP contribution < -0.4 is 0 Å². The van der Waals surface area contributed by atoms with Crippen molar-refractivity contribution in [2.24, 2.45) is 0 Å². The van der Waals surface area contributed by atoms with Crippen molar-refractivity contribution in [3.8, 4) is 10.7 Å². The van der Waals surface area contributed by atoms with Crippen LogP contribution in [0.5, 0.6) is 0 Å². The summed E-state index contributed by atoms with van der Waals surface area (Å²) in [7, 11) is 0. The van der Waals surface area contributed by atoms with Gasteiger partial charge in [-0.25, -0.2) is 4.98 Å². The van der Waals surface area contributed by atoms with Crippen molar-refractivity contribution in [1.82, 2.24) is 9.97 Å². The number of nitrogens with zero attached hydrogens (tertiary/aromatic N) is 2. The predicted molar refractivity (Wildman–Crippen MR) is 63.8 cm³/mol. The van der Waals surface area contributed by atoms with Crippen LogP contribution in [0.25, 0.3) is 10.7 Å². The Balaban J connectivity index is 2.34. The van der Waals surface area contributed by atoms with Gasteiger partial charge < -0.3 is 5.11 Å². The Morgan fingerprint density at radius 1 is 1.40 bits per heavy atom. The summed E-state index contributed by atoms with van der Waals surface area (Å²) in [6, 6.07) is 5.73. The van der Waals surface area contributed by atoms with Gasteiger partial charge in [-0.3, -0.25) is 4.98 Å². The first-order valence-corrected chi connectivity index (χ1v) is 6.09. The van der Waals surface area contributed by atoms with Gasteiger partial charge in [-0.15, -0.1) is 11.3 Å². The van der Waals surface area contributed by atoms with E-state index in [0.717, 1.165) is 20.2 Å². The molecule has 2 heterocycles. The van der Waals surface area contributed by atoms with Crippen molar-refractivity contribution in [3.05, 3.63) is 33.9 Å². The zero-order valence-electron chi connectivity index (χ0n) is 7.85. The number of pyridine rings is 1. The lowest BCUT2D eigenvalue weighted by Gasteiger charge is -1.92. The first-order chi connectivity index (χ1) is 7.31. The molecule has 0 saturated heterocycles. The first-order valence-electron chi connectivity index (χ1n) is 4.48. The fourth-order valence-corrected chi connectivity index (χ4v) is 2.76. The predicted octanol–water partition coefficient (Wildman–Crippen LogP) is 2.50. The van der Waals surface area contributed by atoms with E-state index in [0.29, 0.717) is 6.42 Å². The van der Waals surface area contributed by atoms with E-state index in [9.17, 15) is 0 Å². The minimum Gasteiger partial charge on any atom is -0.396 e. The van der Waals surface area contributed by atoms with Gasteiger partial charge in [0.1, 0.15) is 5.01 Å². The molecule has 0 unspecified atom stereocenters. The summed E-state index contributed by atoms with van der Waals surface area (Å²) >= 11 is 4.97. The minimum atomic E-state index is 0.115. The highest BCUT2D eigenvalue weighted by molar-refractivity contribution is 9.11. The fraction of sp³-hybridized carbons (Fsp3) is 0.200. The molecule has 0 aliphatic heterocycles. The molecule has 0 aliphatic carbocycles. The summed E-state index contributed by atoms with van der Waals surface area (Å²) in [6.45, 7) is 0.115.